The van der Waals surface area contributed by atoms with Crippen LogP contribution in [0.15, 0.2) is 364 Å². The summed E-state index contributed by atoms with van der Waals surface area (Å²) in [4.78, 5) is 4.04. The van der Waals surface area contributed by atoms with E-state index in [4.69, 9.17) is 9.47 Å². The SMILES string of the molecule is [2H]c1c([2H])c([2H])c2c(c1[2H])Oc1c([2H])c3c(c4c1B2c1c([2H])c([2H])c([2H])c([2H])c1O4)B1c2c(cc(C(C)(C)C)cc2N3c2c(-c3ccccc3)cc(C(C)(C)C)cc2-c2ccccc2)N(c2c(-c3ccccc3)cc(C(C)(C)C)cc2-c2ccccc2)c2c([2H])c(-n3c4c([2H])c([2H])c(-n5c6ccccc6c6ccccc65)c([2H])c4c4c([2H])c(-n5c6ccccc6c6ccccc65)c([2H])c([2H])c43)c([2H])c([2H])c21. The van der Waals surface area contributed by atoms with Crippen molar-refractivity contribution in [3.63, 3.8) is 0 Å². The molecule has 0 atom stereocenters. The summed E-state index contributed by atoms with van der Waals surface area (Å²) in [6.45, 7) is 15.9. The van der Waals surface area contributed by atoms with Crippen LogP contribution in [0.3, 0.4) is 0 Å². The first-order chi connectivity index (χ1) is 67.5. The Morgan fingerprint density at radius 2 is 0.618 bits per heavy atom. The normalized spacial score (nSPS) is 15.4. The second kappa shape index (κ2) is 27.0. The Morgan fingerprint density at radius 3 is 1.03 bits per heavy atom. The van der Waals surface area contributed by atoms with Crippen LogP contribution in [0.2, 0.25) is 0 Å². The highest BCUT2D eigenvalue weighted by Gasteiger charge is 2.52. The van der Waals surface area contributed by atoms with E-state index < -0.39 is 144 Å². The summed E-state index contributed by atoms with van der Waals surface area (Å²) in [6.07, 6.45) is 0. The second-order valence-electron chi connectivity index (χ2n) is 35.6. The quantitative estimate of drug-likeness (QED) is 0.135. The Kier molecular flexibility index (Phi) is 12.3. The van der Waals surface area contributed by atoms with Gasteiger partial charge in [0.1, 0.15) is 23.0 Å². The zero-order valence-electron chi connectivity index (χ0n) is 87.0. The summed E-state index contributed by atoms with van der Waals surface area (Å²) in [5.41, 5.74) is 8.78. The topological polar surface area (TPSA) is 39.7 Å². The highest BCUT2D eigenvalue weighted by atomic mass is 16.5. The number of nitrogens with zero attached hydrogens (tertiary/aromatic N) is 5. The molecule has 0 saturated carbocycles. The van der Waals surface area contributed by atoms with Gasteiger partial charge < -0.3 is 33.0 Å². The third-order valence-corrected chi connectivity index (χ3v) is 25.3. The average Bonchev–Trinajstić information content (AvgIpc) is 1.18. The molecule has 0 bridgehead atoms. The molecule has 7 heterocycles. The van der Waals surface area contributed by atoms with Crippen LogP contribution >= 0.6 is 0 Å². The van der Waals surface area contributed by atoms with Crippen LogP contribution in [0.4, 0.5) is 34.1 Å². The molecule has 4 aliphatic rings. The Balaban J connectivity index is 0.942. The minimum atomic E-state index is -1.64. The van der Waals surface area contributed by atoms with Crippen molar-refractivity contribution in [1.82, 2.24) is 13.7 Å². The Bertz CT molecular complexity index is 8560. The van der Waals surface area contributed by atoms with Crippen molar-refractivity contribution in [2.75, 3.05) is 9.80 Å². The van der Waals surface area contributed by atoms with Crippen molar-refractivity contribution in [3.8, 4) is 84.6 Å². The first-order valence-corrected chi connectivity index (χ1v) is 41.8. The Morgan fingerprint density at radius 1 is 0.268 bits per heavy atom. The molecule has 3 aromatic heterocycles. The van der Waals surface area contributed by atoms with E-state index >= 15 is 0 Å². The van der Waals surface area contributed by atoms with Crippen LogP contribution in [0.1, 0.15) is 104 Å². The Labute approximate surface area is 743 Å². The fourth-order valence-electron chi connectivity index (χ4n) is 19.4. The summed E-state index contributed by atoms with van der Waals surface area (Å²) in [7, 11) is 0. The number of ether oxygens (including phenoxy) is 2. The van der Waals surface area contributed by atoms with E-state index in [2.05, 4.69) is 98.7 Å². The number of hydrogen-bond donors (Lipinski definition) is 0. The smallest absolute Gasteiger partial charge is 0.260 e. The van der Waals surface area contributed by atoms with E-state index in [1.54, 1.807) is 9.13 Å². The van der Waals surface area contributed by atoms with Crippen molar-refractivity contribution in [2.24, 2.45) is 0 Å². The zero-order chi connectivity index (χ0) is 98.3. The van der Waals surface area contributed by atoms with E-state index in [9.17, 15) is 24.7 Å². The molecule has 4 aliphatic heterocycles. The zero-order valence-corrected chi connectivity index (χ0v) is 69.0. The van der Waals surface area contributed by atoms with Gasteiger partial charge in [-0.3, -0.25) is 0 Å². The molecule has 0 unspecified atom stereocenters. The van der Waals surface area contributed by atoms with Gasteiger partial charge in [0, 0.05) is 106 Å². The third kappa shape index (κ3) is 11.1. The van der Waals surface area contributed by atoms with Crippen molar-refractivity contribution in [1.29, 1.82) is 0 Å². The third-order valence-electron chi connectivity index (χ3n) is 25.3. The molecule has 0 radical (unpaired) electrons. The lowest BCUT2D eigenvalue weighted by Crippen LogP contribution is -2.65. The molecule has 586 valence electrons. The molecule has 0 N–H and O–H groups in total. The van der Waals surface area contributed by atoms with Gasteiger partial charge in [-0.15, -0.1) is 0 Å². The van der Waals surface area contributed by atoms with Gasteiger partial charge in [-0.1, -0.05) is 299 Å². The standard InChI is InChI=1S/C114H87B2N5O2/c1-112(2,3)74-60-84(70-34-14-10-15-35-70)109(85(61-74)71-36-16-11-17-37-71)120-99-68-79(119-97-58-55-77(117-93-48-28-22-42-80(93)81-43-23-29-49-94(81)117)66-88(97)89-67-78(56-59-98(89)119)118-95-50-30-24-44-82(95)83-45-25-31-51-96(83)118)54-57-90(99)116-106-100(120)64-76(114(7,8)9)65-101(106)121(110-86(72-38-18-12-19-39-72)62-75(113(4,5)6)63-87(110)73-40-20-13-21-41-73)102-69-105-108-111(107(102)116)123-104-53-33-27-47-92(104)115(108)91-46-26-32-52-103(91)122-105/h10-69H,1-9H3/i26D,27D,32D,33D,46D,47D,52D,53D,54D,55D,56D,57D,58D,59D,66D,67D,68D,69D. The molecule has 24 rings (SSSR count). The highest BCUT2D eigenvalue weighted by Crippen LogP contribution is 2.57. The van der Waals surface area contributed by atoms with Gasteiger partial charge in [-0.25, -0.2) is 0 Å². The van der Waals surface area contributed by atoms with E-state index in [0.29, 0.717) is 89.2 Å². The van der Waals surface area contributed by atoms with Gasteiger partial charge >= 0.3 is 0 Å². The first-order valence-electron chi connectivity index (χ1n) is 50.8. The second-order valence-corrected chi connectivity index (χ2v) is 35.6. The maximum Gasteiger partial charge on any atom is 0.260 e. The maximum absolute atomic E-state index is 12.5. The van der Waals surface area contributed by atoms with Gasteiger partial charge in [-0.2, -0.15) is 0 Å². The lowest BCUT2D eigenvalue weighted by atomic mass is 9.30. The maximum atomic E-state index is 12.5. The molecule has 0 spiro atoms. The van der Waals surface area contributed by atoms with Gasteiger partial charge in [0.05, 0.1) is 69.1 Å². The summed E-state index contributed by atoms with van der Waals surface area (Å²) in [6, 6.07) is 72.4. The van der Waals surface area contributed by atoms with Gasteiger partial charge in [0.2, 0.25) is 0 Å². The lowest BCUT2D eigenvalue weighted by molar-refractivity contribution is 0.467. The molecule has 0 saturated heterocycles. The van der Waals surface area contributed by atoms with Crippen molar-refractivity contribution in [3.05, 3.63) is 380 Å². The molecule has 0 amide bonds. The number of fused-ring (bicyclic) bond motifs is 18. The largest absolute Gasteiger partial charge is 0.459 e. The fraction of sp³-hybridized carbons (Fsp3) is 0.105. The van der Waals surface area contributed by atoms with Crippen LogP contribution in [0, 0.1) is 0 Å². The highest BCUT2D eigenvalue weighted by molar-refractivity contribution is 7.03. The average molecular weight is 1600 g/mol. The van der Waals surface area contributed by atoms with E-state index in [1.807, 2.05) is 228 Å². The minimum absolute atomic E-state index is 0.00368. The van der Waals surface area contributed by atoms with Crippen LogP contribution in [-0.4, -0.2) is 27.1 Å². The van der Waals surface area contributed by atoms with Gasteiger partial charge in [0.15, 0.2) is 0 Å². The van der Waals surface area contributed by atoms with Gasteiger partial charge in [0.25, 0.3) is 13.4 Å². The van der Waals surface area contributed by atoms with Crippen LogP contribution in [-0.2, 0) is 16.2 Å². The monoisotopic (exact) mass is 1600 g/mol. The molecule has 9 heteroatoms. The number of rotatable bonds is 9. The van der Waals surface area contributed by atoms with Crippen LogP contribution in [0.5, 0.6) is 23.0 Å². The Hall–Kier alpha value is -14.5. The molecular weight excluding hydrogens is 1490 g/mol. The van der Waals surface area contributed by atoms with E-state index in [1.165, 1.54) is 4.57 Å². The number of benzene rings is 17. The minimum Gasteiger partial charge on any atom is -0.459 e. The predicted molar refractivity (Wildman–Crippen MR) is 519 cm³/mol. The summed E-state index contributed by atoms with van der Waals surface area (Å²) >= 11 is 0. The molecule has 0 fully saturated rings. The van der Waals surface area contributed by atoms with Crippen molar-refractivity contribution < 1.29 is 34.1 Å². The number of hydrogen-bond acceptors (Lipinski definition) is 4. The molecule has 17 aromatic carbocycles. The van der Waals surface area contributed by atoms with Crippen LogP contribution in [0.25, 0.3) is 127 Å². The summed E-state index contributed by atoms with van der Waals surface area (Å²) < 4.78 is 213. The summed E-state index contributed by atoms with van der Waals surface area (Å²) in [5.74, 6) is -1.33. The fourth-order valence-corrected chi connectivity index (χ4v) is 19.4. The molecular formula is C114H87B2N5O2. The number of para-hydroxylation sites is 6. The molecule has 7 nitrogen and oxygen atoms in total. The van der Waals surface area contributed by atoms with Crippen molar-refractivity contribution in [2.45, 2.75) is 78.6 Å². The number of aromatic nitrogens is 3. The molecule has 123 heavy (non-hydrogen) atoms. The van der Waals surface area contributed by atoms with E-state index in [0.717, 1.165) is 43.8 Å². The lowest BCUT2D eigenvalue weighted by Gasteiger charge is -2.48. The summed E-state index contributed by atoms with van der Waals surface area (Å²) in [5, 5.41) is 2.86. The number of anilines is 6. The molecule has 20 aromatic rings. The van der Waals surface area contributed by atoms with Gasteiger partial charge in [-0.05, 0) is 204 Å². The van der Waals surface area contributed by atoms with Crippen LogP contribution < -0.4 is 52.1 Å². The first kappa shape index (κ1) is 56.1. The van der Waals surface area contributed by atoms with Crippen molar-refractivity contribution >= 4 is 146 Å². The molecule has 0 aliphatic carbocycles. The van der Waals surface area contributed by atoms with E-state index in [-0.39, 0.29) is 95.5 Å². The predicted octanol–water partition coefficient (Wildman–Crippen LogP) is 26.3.